The average Bonchev–Trinajstić information content (AvgIpc) is 3.04. The van der Waals surface area contributed by atoms with Crippen molar-refractivity contribution in [2.24, 2.45) is 11.8 Å². The maximum Gasteiger partial charge on any atom is 0.333 e. The number of unbranched alkanes of at least 4 members (excludes halogenated alkanes) is 2. The predicted molar refractivity (Wildman–Crippen MR) is 114 cm³/mol. The first-order valence-corrected chi connectivity index (χ1v) is 11.2. The molecule has 0 aromatic heterocycles. The molecule has 2 fully saturated rings. The highest BCUT2D eigenvalue weighted by atomic mass is 16.6. The summed E-state index contributed by atoms with van der Waals surface area (Å²) in [5.41, 5.74) is 1.98. The first-order valence-electron chi connectivity index (χ1n) is 11.2. The summed E-state index contributed by atoms with van der Waals surface area (Å²) in [4.78, 5) is 11.4. The third kappa shape index (κ3) is 5.62. The van der Waals surface area contributed by atoms with Gasteiger partial charge in [-0.15, -0.1) is 0 Å². The number of carbonyl (C=O) groups excluding carboxylic acids is 1. The third-order valence-electron chi connectivity index (χ3n) is 6.66. The van der Waals surface area contributed by atoms with Crippen molar-refractivity contribution < 1.29 is 14.3 Å². The van der Waals surface area contributed by atoms with Crippen LogP contribution in [0.15, 0.2) is 36.4 Å². The molecule has 0 bridgehead atoms. The molecular formula is C25H36O3. The summed E-state index contributed by atoms with van der Waals surface area (Å²) < 4.78 is 11.0. The lowest BCUT2D eigenvalue weighted by atomic mass is 9.73. The molecule has 1 aromatic rings. The largest absolute Gasteiger partial charge is 0.490 e. The molecule has 0 amide bonds. The maximum absolute atomic E-state index is 11.4. The van der Waals surface area contributed by atoms with Crippen LogP contribution in [0.5, 0.6) is 5.75 Å². The van der Waals surface area contributed by atoms with E-state index >= 15 is 0 Å². The van der Waals surface area contributed by atoms with Crippen molar-refractivity contribution in [2.45, 2.75) is 83.7 Å². The van der Waals surface area contributed by atoms with Crippen LogP contribution in [0.3, 0.4) is 0 Å². The van der Waals surface area contributed by atoms with E-state index < -0.39 is 0 Å². The highest BCUT2D eigenvalue weighted by molar-refractivity contribution is 5.89. The van der Waals surface area contributed by atoms with Crippen molar-refractivity contribution in [1.29, 1.82) is 0 Å². The van der Waals surface area contributed by atoms with E-state index in [4.69, 9.17) is 9.47 Å². The number of hydrogen-bond donors (Lipinski definition) is 0. The summed E-state index contributed by atoms with van der Waals surface area (Å²) in [6.45, 7) is 8.85. The third-order valence-corrected chi connectivity index (χ3v) is 6.66. The molecule has 1 aromatic carbocycles. The van der Waals surface area contributed by atoms with Crippen LogP contribution in [-0.2, 0) is 9.53 Å². The first-order chi connectivity index (χ1) is 13.6. The summed E-state index contributed by atoms with van der Waals surface area (Å²) in [6.07, 6.45) is 11.2. The van der Waals surface area contributed by atoms with Crippen LogP contribution < -0.4 is 4.74 Å². The topological polar surface area (TPSA) is 35.5 Å². The van der Waals surface area contributed by atoms with Crippen LogP contribution in [0.25, 0.3) is 0 Å². The van der Waals surface area contributed by atoms with Gasteiger partial charge in [0.15, 0.2) is 0 Å². The minimum Gasteiger partial charge on any atom is -0.490 e. The second-order valence-electron chi connectivity index (χ2n) is 8.80. The Morgan fingerprint density at radius 2 is 1.86 bits per heavy atom. The van der Waals surface area contributed by atoms with Gasteiger partial charge in [0, 0.05) is 12.0 Å². The zero-order chi connectivity index (χ0) is 19.9. The molecule has 1 heterocycles. The highest BCUT2D eigenvalue weighted by Crippen LogP contribution is 2.40. The molecule has 3 heteroatoms. The fraction of sp³-hybridized carbons (Fsp3) is 0.640. The average molecular weight is 385 g/mol. The van der Waals surface area contributed by atoms with E-state index in [0.717, 1.165) is 17.6 Å². The number of benzene rings is 1. The SMILES string of the molecule is C=C1CC(COc2ccc(C3CCC(C(C)CCCCC)CC3)cc2)OC1=O. The van der Waals surface area contributed by atoms with Gasteiger partial charge in [0.25, 0.3) is 0 Å². The Kier molecular flexibility index (Phi) is 7.58. The number of esters is 1. The van der Waals surface area contributed by atoms with Gasteiger partial charge >= 0.3 is 5.97 Å². The van der Waals surface area contributed by atoms with Crippen LogP contribution in [0.2, 0.25) is 0 Å². The molecule has 0 radical (unpaired) electrons. The minimum absolute atomic E-state index is 0.200. The maximum atomic E-state index is 11.4. The Bertz CT molecular complexity index is 624. The molecular weight excluding hydrogens is 348 g/mol. The van der Waals surface area contributed by atoms with Crippen molar-refractivity contribution in [2.75, 3.05) is 6.61 Å². The van der Waals surface area contributed by atoms with Crippen molar-refractivity contribution >= 4 is 5.97 Å². The van der Waals surface area contributed by atoms with Crippen molar-refractivity contribution in [1.82, 2.24) is 0 Å². The summed E-state index contributed by atoms with van der Waals surface area (Å²) in [5.74, 6) is 3.03. The zero-order valence-corrected chi connectivity index (χ0v) is 17.6. The Hall–Kier alpha value is -1.77. The summed E-state index contributed by atoms with van der Waals surface area (Å²) >= 11 is 0. The normalized spacial score (nSPS) is 26.1. The van der Waals surface area contributed by atoms with Gasteiger partial charge in [-0.05, 0) is 61.1 Å². The summed E-state index contributed by atoms with van der Waals surface area (Å²) in [6, 6.07) is 8.54. The Labute approximate surface area is 170 Å². The molecule has 28 heavy (non-hydrogen) atoms. The van der Waals surface area contributed by atoms with E-state index in [2.05, 4.69) is 44.7 Å². The molecule has 2 aliphatic rings. The molecule has 154 valence electrons. The quantitative estimate of drug-likeness (QED) is 0.280. The second kappa shape index (κ2) is 10.1. The van der Waals surface area contributed by atoms with Crippen molar-refractivity contribution in [3.63, 3.8) is 0 Å². The van der Waals surface area contributed by atoms with Gasteiger partial charge in [-0.2, -0.15) is 0 Å². The van der Waals surface area contributed by atoms with Gasteiger partial charge in [-0.25, -0.2) is 4.79 Å². The number of hydrogen-bond acceptors (Lipinski definition) is 3. The lowest BCUT2D eigenvalue weighted by molar-refractivity contribution is -0.139. The lowest BCUT2D eigenvalue weighted by Gasteiger charge is -2.32. The molecule has 3 nitrogen and oxygen atoms in total. The van der Waals surface area contributed by atoms with Crippen LogP contribution in [0.1, 0.15) is 83.1 Å². The predicted octanol–water partition coefficient (Wildman–Crippen LogP) is 6.43. The van der Waals surface area contributed by atoms with Gasteiger partial charge in [-0.1, -0.05) is 58.2 Å². The smallest absolute Gasteiger partial charge is 0.333 e. The van der Waals surface area contributed by atoms with Crippen molar-refractivity contribution in [3.05, 3.63) is 42.0 Å². The van der Waals surface area contributed by atoms with Gasteiger partial charge in [0.2, 0.25) is 0 Å². The molecule has 1 aliphatic heterocycles. The van der Waals surface area contributed by atoms with Gasteiger partial charge in [0.05, 0.1) is 0 Å². The van der Waals surface area contributed by atoms with Crippen LogP contribution in [0, 0.1) is 11.8 Å². The van der Waals surface area contributed by atoms with Gasteiger partial charge < -0.3 is 9.47 Å². The van der Waals surface area contributed by atoms with Crippen molar-refractivity contribution in [3.8, 4) is 5.75 Å². The Morgan fingerprint density at radius 1 is 1.14 bits per heavy atom. The fourth-order valence-electron chi connectivity index (χ4n) is 4.73. The minimum atomic E-state index is -0.292. The molecule has 0 N–H and O–H groups in total. The van der Waals surface area contributed by atoms with Gasteiger partial charge in [0.1, 0.15) is 18.5 Å². The molecule has 1 saturated carbocycles. The van der Waals surface area contributed by atoms with E-state index in [0.29, 0.717) is 24.5 Å². The fourth-order valence-corrected chi connectivity index (χ4v) is 4.73. The summed E-state index contributed by atoms with van der Waals surface area (Å²) in [7, 11) is 0. The monoisotopic (exact) mass is 384 g/mol. The number of carbonyl (C=O) groups is 1. The first kappa shape index (κ1) is 21.0. The molecule has 2 atom stereocenters. The van der Waals surface area contributed by atoms with E-state index in [1.807, 2.05) is 0 Å². The van der Waals surface area contributed by atoms with Crippen LogP contribution in [0.4, 0.5) is 0 Å². The highest BCUT2D eigenvalue weighted by Gasteiger charge is 2.28. The number of ether oxygens (including phenoxy) is 2. The molecule has 3 rings (SSSR count). The van der Waals surface area contributed by atoms with E-state index in [1.165, 1.54) is 56.9 Å². The Balaban J connectivity index is 1.42. The number of cyclic esters (lactones) is 1. The summed E-state index contributed by atoms with van der Waals surface area (Å²) in [5, 5.41) is 0. The van der Waals surface area contributed by atoms with E-state index in [-0.39, 0.29) is 12.1 Å². The molecule has 1 aliphatic carbocycles. The molecule has 0 spiro atoms. The van der Waals surface area contributed by atoms with Crippen LogP contribution in [-0.4, -0.2) is 18.7 Å². The number of rotatable bonds is 9. The second-order valence-corrected chi connectivity index (χ2v) is 8.80. The standard InChI is InChI=1S/C25H36O3/c1-4-5-6-7-18(2)20-8-10-21(11-9-20)22-12-14-23(15-13-22)27-17-24-16-19(3)25(26)28-24/h12-15,18,20-21,24H,3-11,16-17H2,1-2H3. The van der Waals surface area contributed by atoms with Gasteiger partial charge in [-0.3, -0.25) is 0 Å². The zero-order valence-electron chi connectivity index (χ0n) is 17.6. The Morgan fingerprint density at radius 3 is 2.46 bits per heavy atom. The van der Waals surface area contributed by atoms with E-state index in [9.17, 15) is 4.79 Å². The molecule has 1 saturated heterocycles. The van der Waals surface area contributed by atoms with Crippen LogP contribution >= 0.6 is 0 Å². The lowest BCUT2D eigenvalue weighted by Crippen LogP contribution is -2.19. The van der Waals surface area contributed by atoms with E-state index in [1.54, 1.807) is 0 Å². The molecule has 2 unspecified atom stereocenters.